The smallest absolute Gasteiger partial charge is 0.151 e. The molecule has 0 saturated carbocycles. The van der Waals surface area contributed by atoms with Crippen LogP contribution in [0.3, 0.4) is 0 Å². The fourth-order valence-electron chi connectivity index (χ4n) is 0.568. The summed E-state index contributed by atoms with van der Waals surface area (Å²) in [4.78, 5) is 9.87. The van der Waals surface area contributed by atoms with Gasteiger partial charge in [-0.2, -0.15) is 0 Å². The van der Waals surface area contributed by atoms with Gasteiger partial charge in [-0.25, -0.2) is 0 Å². The fourth-order valence-corrected chi connectivity index (χ4v) is 0.568. The summed E-state index contributed by atoms with van der Waals surface area (Å²) in [6, 6.07) is 0. The Labute approximate surface area is 69.4 Å². The van der Waals surface area contributed by atoms with Gasteiger partial charge in [-0.1, -0.05) is 0 Å². The SMILES string of the molecule is C[C@H](O)[C@H](O)[C@@H](O)[C@@H](O)[13CH]=O.O. The lowest BCUT2D eigenvalue weighted by molar-refractivity contribution is -0.132. The number of aliphatic hydroxyl groups is 4. The number of carbonyl (C=O) groups is 1. The van der Waals surface area contributed by atoms with Gasteiger partial charge in [-0.05, 0) is 6.92 Å². The number of aliphatic hydroxyl groups excluding tert-OH is 4. The highest BCUT2D eigenvalue weighted by molar-refractivity contribution is 5.56. The molecule has 0 fully saturated rings. The maximum Gasteiger partial charge on any atom is 0.151 e. The van der Waals surface area contributed by atoms with Crippen molar-refractivity contribution in [3.05, 3.63) is 0 Å². The van der Waals surface area contributed by atoms with Crippen LogP contribution in [0.5, 0.6) is 0 Å². The van der Waals surface area contributed by atoms with E-state index in [1.807, 2.05) is 0 Å². The van der Waals surface area contributed by atoms with Crippen molar-refractivity contribution in [3.63, 3.8) is 0 Å². The summed E-state index contributed by atoms with van der Waals surface area (Å²) < 4.78 is 0. The fraction of sp³-hybridized carbons (Fsp3) is 0.833. The molecule has 0 bridgehead atoms. The van der Waals surface area contributed by atoms with E-state index >= 15 is 0 Å². The van der Waals surface area contributed by atoms with Crippen LogP contribution in [-0.2, 0) is 4.79 Å². The third kappa shape index (κ3) is 3.74. The third-order valence-electron chi connectivity index (χ3n) is 1.33. The normalized spacial score (nSPS) is 20.1. The first-order valence-corrected chi connectivity index (χ1v) is 3.18. The lowest BCUT2D eigenvalue weighted by Crippen LogP contribution is -2.43. The molecule has 4 atom stereocenters. The van der Waals surface area contributed by atoms with Gasteiger partial charge in [0.2, 0.25) is 0 Å². The molecule has 0 saturated heterocycles. The zero-order valence-electron chi connectivity index (χ0n) is 6.58. The first-order chi connectivity index (χ1) is 5.00. The van der Waals surface area contributed by atoms with Crippen molar-refractivity contribution in [1.29, 1.82) is 0 Å². The minimum Gasteiger partial charge on any atom is -0.412 e. The Morgan fingerprint density at radius 1 is 1.08 bits per heavy atom. The molecule has 0 heterocycles. The molecule has 6 nitrogen and oxygen atoms in total. The Morgan fingerprint density at radius 2 is 1.50 bits per heavy atom. The van der Waals surface area contributed by atoms with Crippen LogP contribution in [0.4, 0.5) is 0 Å². The quantitative estimate of drug-likeness (QED) is 0.270. The van der Waals surface area contributed by atoms with Crippen LogP contribution in [0, 0.1) is 0 Å². The van der Waals surface area contributed by atoms with E-state index in [2.05, 4.69) is 0 Å². The van der Waals surface area contributed by atoms with Crippen molar-refractivity contribution in [2.75, 3.05) is 0 Å². The highest BCUT2D eigenvalue weighted by atomic mass is 16.4. The molecule has 74 valence electrons. The highest BCUT2D eigenvalue weighted by Gasteiger charge is 2.27. The number of hydrogen-bond donors (Lipinski definition) is 4. The van der Waals surface area contributed by atoms with Crippen LogP contribution in [0.15, 0.2) is 0 Å². The predicted octanol–water partition coefficient (Wildman–Crippen LogP) is -3.18. The maximum atomic E-state index is 9.87. The van der Waals surface area contributed by atoms with Gasteiger partial charge < -0.3 is 30.7 Å². The van der Waals surface area contributed by atoms with Gasteiger partial charge in [0.1, 0.15) is 18.3 Å². The molecular weight excluding hydrogens is 169 g/mol. The molecule has 0 amide bonds. The van der Waals surface area contributed by atoms with E-state index < -0.39 is 24.4 Å². The molecule has 0 aliphatic carbocycles. The van der Waals surface area contributed by atoms with Crippen LogP contribution in [-0.4, -0.2) is 56.6 Å². The average molecular weight is 183 g/mol. The molecular formula is C6H14O6. The van der Waals surface area contributed by atoms with Crippen molar-refractivity contribution in [2.45, 2.75) is 31.3 Å². The molecule has 0 rings (SSSR count). The number of aldehydes is 1. The van der Waals surface area contributed by atoms with Crippen LogP contribution in [0.1, 0.15) is 6.92 Å². The van der Waals surface area contributed by atoms with Crippen molar-refractivity contribution < 1.29 is 30.7 Å². The standard InChI is InChI=1S/C6H12O5.H2O/c1-3(8)5(10)6(11)4(9)2-7;/h2-6,8-11H,1H3;1H2/t3-,4-,5-,6-;/m0./s1/i2+1;. The molecule has 0 aliphatic heterocycles. The molecule has 0 radical (unpaired) electrons. The van der Waals surface area contributed by atoms with Crippen molar-refractivity contribution in [3.8, 4) is 0 Å². The Morgan fingerprint density at radius 3 is 1.75 bits per heavy atom. The minimum absolute atomic E-state index is 0. The molecule has 12 heavy (non-hydrogen) atoms. The molecule has 0 aromatic heterocycles. The van der Waals surface area contributed by atoms with E-state index in [0.29, 0.717) is 0 Å². The summed E-state index contributed by atoms with van der Waals surface area (Å²) in [5.41, 5.74) is 0. The van der Waals surface area contributed by atoms with Gasteiger partial charge >= 0.3 is 0 Å². The first kappa shape index (κ1) is 14.0. The van der Waals surface area contributed by atoms with E-state index in [0.717, 1.165) is 0 Å². The van der Waals surface area contributed by atoms with Crippen LogP contribution in [0.25, 0.3) is 0 Å². The monoisotopic (exact) mass is 183 g/mol. The van der Waals surface area contributed by atoms with Crippen LogP contribution in [0.2, 0.25) is 0 Å². The number of carbonyl (C=O) groups excluding carboxylic acids is 1. The largest absolute Gasteiger partial charge is 0.412 e. The second kappa shape index (κ2) is 6.04. The summed E-state index contributed by atoms with van der Waals surface area (Å²) >= 11 is 0. The molecule has 6 N–H and O–H groups in total. The zero-order valence-corrected chi connectivity index (χ0v) is 6.58. The molecule has 0 spiro atoms. The third-order valence-corrected chi connectivity index (χ3v) is 1.33. The summed E-state index contributed by atoms with van der Waals surface area (Å²) in [5.74, 6) is 0. The van der Waals surface area contributed by atoms with Crippen molar-refractivity contribution in [1.82, 2.24) is 0 Å². The number of hydrogen-bond acceptors (Lipinski definition) is 5. The van der Waals surface area contributed by atoms with E-state index in [9.17, 15) is 4.79 Å². The van der Waals surface area contributed by atoms with E-state index in [4.69, 9.17) is 20.4 Å². The van der Waals surface area contributed by atoms with Crippen LogP contribution < -0.4 is 0 Å². The molecule has 0 aromatic carbocycles. The van der Waals surface area contributed by atoms with E-state index in [-0.39, 0.29) is 11.8 Å². The lowest BCUT2D eigenvalue weighted by atomic mass is 10.1. The van der Waals surface area contributed by atoms with Crippen molar-refractivity contribution >= 4 is 6.29 Å². The van der Waals surface area contributed by atoms with Gasteiger partial charge in [-0.15, -0.1) is 0 Å². The Kier molecular flexibility index (Phi) is 7.05. The van der Waals surface area contributed by atoms with Gasteiger partial charge in [-0.3, -0.25) is 0 Å². The average Bonchev–Trinajstić information content (AvgIpc) is 2.00. The summed E-state index contributed by atoms with van der Waals surface area (Å²) in [6.07, 6.45) is -5.88. The Bertz CT molecular complexity index is 125. The maximum absolute atomic E-state index is 9.87. The first-order valence-electron chi connectivity index (χ1n) is 3.18. The number of rotatable bonds is 4. The van der Waals surface area contributed by atoms with Gasteiger partial charge in [0.25, 0.3) is 0 Å². The topological polar surface area (TPSA) is 129 Å². The zero-order chi connectivity index (χ0) is 9.02. The second-order valence-electron chi connectivity index (χ2n) is 2.35. The minimum atomic E-state index is -1.65. The molecule has 6 heteroatoms. The van der Waals surface area contributed by atoms with Crippen molar-refractivity contribution in [2.24, 2.45) is 0 Å². The van der Waals surface area contributed by atoms with Crippen LogP contribution >= 0.6 is 0 Å². The molecule has 0 aromatic rings. The van der Waals surface area contributed by atoms with E-state index in [1.165, 1.54) is 6.92 Å². The lowest BCUT2D eigenvalue weighted by Gasteiger charge is -2.21. The molecule has 0 aliphatic rings. The predicted molar refractivity (Wildman–Crippen MR) is 39.4 cm³/mol. The second-order valence-corrected chi connectivity index (χ2v) is 2.35. The van der Waals surface area contributed by atoms with Gasteiger partial charge in [0.15, 0.2) is 6.29 Å². The Balaban J connectivity index is 0. The summed E-state index contributed by atoms with van der Waals surface area (Å²) in [5, 5.41) is 35.1. The highest BCUT2D eigenvalue weighted by Crippen LogP contribution is 2.02. The molecule has 0 unspecified atom stereocenters. The van der Waals surface area contributed by atoms with E-state index in [1.54, 1.807) is 0 Å². The Hall–Kier alpha value is -0.530. The van der Waals surface area contributed by atoms with Gasteiger partial charge in [0, 0.05) is 0 Å². The summed E-state index contributed by atoms with van der Waals surface area (Å²) in [7, 11) is 0. The summed E-state index contributed by atoms with van der Waals surface area (Å²) in [6.45, 7) is 1.24. The van der Waals surface area contributed by atoms with Gasteiger partial charge in [0.05, 0.1) is 6.10 Å².